The van der Waals surface area contributed by atoms with Gasteiger partial charge in [0.1, 0.15) is 11.6 Å². The number of fused-ring (bicyclic) bond motifs is 1. The molecule has 0 radical (unpaired) electrons. The van der Waals surface area contributed by atoms with Crippen LogP contribution in [-0.2, 0) is 6.54 Å². The number of benzene rings is 2. The molecule has 108 valence electrons. The Bertz CT molecular complexity index is 691. The van der Waals surface area contributed by atoms with Gasteiger partial charge in [-0.05, 0) is 42.3 Å². The minimum Gasteiger partial charge on any atom is -0.379 e. The average Bonchev–Trinajstić information content (AvgIpc) is 2.89. The minimum absolute atomic E-state index is 0.259. The van der Waals surface area contributed by atoms with Crippen molar-refractivity contribution in [1.29, 1.82) is 0 Å². The van der Waals surface area contributed by atoms with Crippen molar-refractivity contribution in [1.82, 2.24) is 0 Å². The molecule has 0 unspecified atom stereocenters. The first-order valence-corrected chi connectivity index (χ1v) is 6.88. The first kappa shape index (κ1) is 13.6. The number of hydrogen-bond acceptors (Lipinski definition) is 2. The number of nitrogens with one attached hydrogen (secondary N) is 2. The quantitative estimate of drug-likeness (QED) is 0.873. The molecule has 2 N–H and O–H groups in total. The van der Waals surface area contributed by atoms with Gasteiger partial charge in [-0.15, -0.1) is 0 Å². The molecule has 3 rings (SSSR count). The van der Waals surface area contributed by atoms with Gasteiger partial charge in [0.15, 0.2) is 0 Å². The maximum absolute atomic E-state index is 13.8. The van der Waals surface area contributed by atoms with Crippen molar-refractivity contribution in [2.24, 2.45) is 0 Å². The Labute approximate surface area is 122 Å². The molecule has 0 bridgehead atoms. The monoisotopic (exact) mass is 286 g/mol. The van der Waals surface area contributed by atoms with Gasteiger partial charge in [0.25, 0.3) is 0 Å². The van der Waals surface area contributed by atoms with Crippen molar-refractivity contribution in [3.63, 3.8) is 0 Å². The Kier molecular flexibility index (Phi) is 3.60. The smallest absolute Gasteiger partial charge is 0.126 e. The summed E-state index contributed by atoms with van der Waals surface area (Å²) in [6.07, 6.45) is 1.99. The average molecular weight is 286 g/mol. The first-order chi connectivity index (χ1) is 10.2. The summed E-state index contributed by atoms with van der Waals surface area (Å²) in [6, 6.07) is 9.30. The molecule has 0 saturated carbocycles. The van der Waals surface area contributed by atoms with Gasteiger partial charge in [-0.25, -0.2) is 8.78 Å². The SMILES string of the molecule is CC=C1CNc2c(NCc3ccc(F)cc3)cc(F)cc21. The molecule has 0 fully saturated rings. The van der Waals surface area contributed by atoms with E-state index in [1.54, 1.807) is 18.2 Å². The number of halogens is 2. The summed E-state index contributed by atoms with van der Waals surface area (Å²) in [5.41, 5.74) is 4.59. The largest absolute Gasteiger partial charge is 0.379 e. The fourth-order valence-electron chi connectivity index (χ4n) is 2.53. The predicted octanol–water partition coefficient (Wildman–Crippen LogP) is 4.41. The standard InChI is InChI=1S/C17H16F2N2/c1-2-12-10-21-17-15(12)7-14(19)8-16(17)20-9-11-3-5-13(18)6-4-11/h2-8,20-21H,9-10H2,1H3. The molecule has 2 aromatic carbocycles. The second-order valence-corrected chi connectivity index (χ2v) is 5.02. The Balaban J connectivity index is 1.85. The van der Waals surface area contributed by atoms with Gasteiger partial charge in [-0.1, -0.05) is 18.2 Å². The van der Waals surface area contributed by atoms with Crippen LogP contribution >= 0.6 is 0 Å². The van der Waals surface area contributed by atoms with E-state index in [9.17, 15) is 8.78 Å². The maximum Gasteiger partial charge on any atom is 0.126 e. The van der Waals surface area contributed by atoms with Gasteiger partial charge in [-0.2, -0.15) is 0 Å². The molecule has 0 aromatic heterocycles. The van der Waals surface area contributed by atoms with Crippen LogP contribution in [0.3, 0.4) is 0 Å². The highest BCUT2D eigenvalue weighted by molar-refractivity contribution is 5.91. The zero-order valence-electron chi connectivity index (χ0n) is 11.7. The van der Waals surface area contributed by atoms with Crippen LogP contribution < -0.4 is 10.6 Å². The van der Waals surface area contributed by atoms with Gasteiger partial charge in [0.2, 0.25) is 0 Å². The molecule has 4 heteroatoms. The highest BCUT2D eigenvalue weighted by atomic mass is 19.1. The molecule has 2 aromatic rings. The third-order valence-electron chi connectivity index (χ3n) is 3.65. The number of hydrogen-bond donors (Lipinski definition) is 2. The zero-order valence-corrected chi connectivity index (χ0v) is 11.7. The maximum atomic E-state index is 13.8. The normalized spacial score (nSPS) is 14.9. The van der Waals surface area contributed by atoms with E-state index < -0.39 is 0 Å². The van der Waals surface area contributed by atoms with E-state index in [0.717, 1.165) is 28.1 Å². The molecule has 1 aliphatic rings. The van der Waals surface area contributed by atoms with Crippen LogP contribution in [0.15, 0.2) is 42.5 Å². The first-order valence-electron chi connectivity index (χ1n) is 6.88. The summed E-state index contributed by atoms with van der Waals surface area (Å²) in [5, 5.41) is 6.50. The second kappa shape index (κ2) is 5.56. The zero-order chi connectivity index (χ0) is 14.8. The van der Waals surface area contributed by atoms with Crippen molar-refractivity contribution in [2.45, 2.75) is 13.5 Å². The van der Waals surface area contributed by atoms with Crippen molar-refractivity contribution in [3.05, 3.63) is 65.2 Å². The predicted molar refractivity (Wildman–Crippen MR) is 82.3 cm³/mol. The van der Waals surface area contributed by atoms with E-state index in [1.807, 2.05) is 13.0 Å². The molecule has 0 spiro atoms. The van der Waals surface area contributed by atoms with E-state index >= 15 is 0 Å². The van der Waals surface area contributed by atoms with Crippen molar-refractivity contribution in [2.75, 3.05) is 17.2 Å². The van der Waals surface area contributed by atoms with Crippen molar-refractivity contribution < 1.29 is 8.78 Å². The summed E-state index contributed by atoms with van der Waals surface area (Å²) in [6.45, 7) is 3.17. The lowest BCUT2D eigenvalue weighted by Crippen LogP contribution is -2.03. The third-order valence-corrected chi connectivity index (χ3v) is 3.65. The van der Waals surface area contributed by atoms with E-state index in [0.29, 0.717) is 13.1 Å². The molecule has 1 aliphatic heterocycles. The Morgan fingerprint density at radius 3 is 2.62 bits per heavy atom. The Hall–Kier alpha value is -2.36. The van der Waals surface area contributed by atoms with Crippen LogP contribution in [-0.4, -0.2) is 6.54 Å². The highest BCUT2D eigenvalue weighted by Gasteiger charge is 2.19. The fourth-order valence-corrected chi connectivity index (χ4v) is 2.53. The molecule has 0 atom stereocenters. The van der Waals surface area contributed by atoms with Gasteiger partial charge in [0.05, 0.1) is 11.4 Å². The Morgan fingerprint density at radius 1 is 1.14 bits per heavy atom. The van der Waals surface area contributed by atoms with Gasteiger partial charge in [-0.3, -0.25) is 0 Å². The van der Waals surface area contributed by atoms with Gasteiger partial charge < -0.3 is 10.6 Å². The molecule has 0 saturated heterocycles. The van der Waals surface area contributed by atoms with Crippen LogP contribution in [0, 0.1) is 11.6 Å². The van der Waals surface area contributed by atoms with Crippen LogP contribution in [0.2, 0.25) is 0 Å². The topological polar surface area (TPSA) is 24.1 Å². The third kappa shape index (κ3) is 2.75. The summed E-state index contributed by atoms with van der Waals surface area (Å²) < 4.78 is 26.6. The summed E-state index contributed by atoms with van der Waals surface area (Å²) in [5.74, 6) is -0.525. The van der Waals surface area contributed by atoms with Crippen LogP contribution in [0.5, 0.6) is 0 Å². The molecule has 0 aliphatic carbocycles. The molecule has 0 amide bonds. The van der Waals surface area contributed by atoms with Crippen LogP contribution in [0.1, 0.15) is 18.1 Å². The van der Waals surface area contributed by atoms with Crippen molar-refractivity contribution >= 4 is 16.9 Å². The number of anilines is 2. The van der Waals surface area contributed by atoms with E-state index in [-0.39, 0.29) is 11.6 Å². The van der Waals surface area contributed by atoms with Crippen LogP contribution in [0.25, 0.3) is 5.57 Å². The second-order valence-electron chi connectivity index (χ2n) is 5.02. The lowest BCUT2D eigenvalue weighted by atomic mass is 10.1. The molecular formula is C17H16F2N2. The van der Waals surface area contributed by atoms with E-state index in [4.69, 9.17) is 0 Å². The van der Waals surface area contributed by atoms with Gasteiger partial charge >= 0.3 is 0 Å². The minimum atomic E-state index is -0.265. The molecule has 1 heterocycles. The lowest BCUT2D eigenvalue weighted by Gasteiger charge is -2.12. The summed E-state index contributed by atoms with van der Waals surface area (Å²) in [4.78, 5) is 0. The number of allylic oxidation sites excluding steroid dienone is 1. The highest BCUT2D eigenvalue weighted by Crippen LogP contribution is 2.37. The van der Waals surface area contributed by atoms with E-state index in [2.05, 4.69) is 10.6 Å². The van der Waals surface area contributed by atoms with E-state index in [1.165, 1.54) is 18.2 Å². The number of rotatable bonds is 3. The molecule has 21 heavy (non-hydrogen) atoms. The molecule has 2 nitrogen and oxygen atoms in total. The molecular weight excluding hydrogens is 270 g/mol. The fraction of sp³-hybridized carbons (Fsp3) is 0.176. The lowest BCUT2D eigenvalue weighted by molar-refractivity contribution is 0.627. The summed E-state index contributed by atoms with van der Waals surface area (Å²) >= 11 is 0. The Morgan fingerprint density at radius 2 is 1.90 bits per heavy atom. The summed E-state index contributed by atoms with van der Waals surface area (Å²) in [7, 11) is 0. The van der Waals surface area contributed by atoms with Crippen LogP contribution in [0.4, 0.5) is 20.2 Å². The van der Waals surface area contributed by atoms with Crippen molar-refractivity contribution in [3.8, 4) is 0 Å². The van der Waals surface area contributed by atoms with Gasteiger partial charge in [0, 0.05) is 18.7 Å².